The van der Waals surface area contributed by atoms with Crippen LogP contribution in [0.2, 0.25) is 0 Å². The first-order valence-corrected chi connectivity index (χ1v) is 16.4. The van der Waals surface area contributed by atoms with E-state index in [4.69, 9.17) is 9.47 Å². The second-order valence-electron chi connectivity index (χ2n) is 16.2. The number of aliphatic hydroxyl groups is 1. The van der Waals surface area contributed by atoms with Gasteiger partial charge < -0.3 is 14.6 Å². The van der Waals surface area contributed by atoms with Crippen molar-refractivity contribution in [3.8, 4) is 0 Å². The van der Waals surface area contributed by atoms with Gasteiger partial charge in [0.2, 0.25) is 0 Å². The fraction of sp³-hybridized carbons (Fsp3) is 0.939. The van der Waals surface area contributed by atoms with Gasteiger partial charge >= 0.3 is 24.3 Å². The zero-order valence-corrected chi connectivity index (χ0v) is 26.5. The third-order valence-electron chi connectivity index (χ3n) is 12.7. The number of ether oxygens (including phenoxy) is 2. The maximum absolute atomic E-state index is 13.8. The number of carbonyl (C=O) groups excluding carboxylic acids is 2. The van der Waals surface area contributed by atoms with Gasteiger partial charge in [0.1, 0.15) is 11.7 Å². The van der Waals surface area contributed by atoms with Crippen LogP contribution in [0.5, 0.6) is 0 Å². The zero-order valence-electron chi connectivity index (χ0n) is 26.5. The summed E-state index contributed by atoms with van der Waals surface area (Å²) in [5.41, 5.74) is -8.19. The zero-order chi connectivity index (χ0) is 32.7. The summed E-state index contributed by atoms with van der Waals surface area (Å²) in [6, 6.07) is 0. The molecule has 0 aromatic rings. The topological polar surface area (TPSA) is 72.8 Å². The minimum atomic E-state index is -6.01. The van der Waals surface area contributed by atoms with Gasteiger partial charge in [0.25, 0.3) is 5.60 Å². The van der Waals surface area contributed by atoms with Gasteiger partial charge in [-0.1, -0.05) is 13.3 Å². The normalized spacial score (nSPS) is 37.1. The number of carbonyl (C=O) groups is 2. The number of alkyl halides is 6. The number of esters is 2. The predicted molar refractivity (Wildman–Crippen MR) is 149 cm³/mol. The van der Waals surface area contributed by atoms with E-state index in [2.05, 4.69) is 0 Å². The molecule has 6 saturated carbocycles. The Morgan fingerprint density at radius 1 is 0.818 bits per heavy atom. The van der Waals surface area contributed by atoms with Gasteiger partial charge in [-0.3, -0.25) is 9.59 Å². The monoisotopic (exact) mass is 638 g/mol. The molecule has 6 rings (SSSR count). The lowest BCUT2D eigenvalue weighted by Crippen LogP contribution is -2.59. The van der Waals surface area contributed by atoms with Gasteiger partial charge in [0, 0.05) is 6.42 Å². The van der Waals surface area contributed by atoms with Crippen LogP contribution in [0.25, 0.3) is 0 Å². The van der Waals surface area contributed by atoms with Gasteiger partial charge in [-0.2, -0.15) is 26.3 Å². The first kappa shape index (κ1) is 33.8. The summed E-state index contributed by atoms with van der Waals surface area (Å²) in [7, 11) is 0. The molecule has 0 saturated heterocycles. The van der Waals surface area contributed by atoms with Crippen molar-refractivity contribution in [3.05, 3.63) is 0 Å². The summed E-state index contributed by atoms with van der Waals surface area (Å²) >= 11 is 0. The molecule has 0 amide bonds. The largest absolute Gasteiger partial charge is 0.462 e. The lowest BCUT2D eigenvalue weighted by Gasteiger charge is -2.59. The molecule has 5 atom stereocenters. The van der Waals surface area contributed by atoms with E-state index >= 15 is 0 Å². The van der Waals surface area contributed by atoms with Gasteiger partial charge in [0.05, 0.1) is 10.8 Å². The van der Waals surface area contributed by atoms with Crippen molar-refractivity contribution in [2.75, 3.05) is 0 Å². The van der Waals surface area contributed by atoms with E-state index in [1.54, 1.807) is 20.8 Å². The van der Waals surface area contributed by atoms with Crippen molar-refractivity contribution in [3.63, 3.8) is 0 Å². The molecule has 252 valence electrons. The molecule has 0 aromatic carbocycles. The van der Waals surface area contributed by atoms with Crippen molar-refractivity contribution < 1.29 is 50.5 Å². The van der Waals surface area contributed by atoms with E-state index in [1.165, 1.54) is 13.3 Å². The summed E-state index contributed by atoms with van der Waals surface area (Å²) < 4.78 is 94.5. The van der Waals surface area contributed by atoms with Crippen LogP contribution in [0.15, 0.2) is 0 Å². The molecule has 0 spiro atoms. The van der Waals surface area contributed by atoms with Gasteiger partial charge in [-0.25, -0.2) is 0 Å². The molecular weight excluding hydrogens is 590 g/mol. The third-order valence-corrected chi connectivity index (χ3v) is 12.7. The molecule has 6 aliphatic carbocycles. The van der Waals surface area contributed by atoms with Crippen LogP contribution in [0.4, 0.5) is 26.3 Å². The van der Waals surface area contributed by atoms with E-state index in [1.807, 2.05) is 6.92 Å². The van der Waals surface area contributed by atoms with Crippen molar-refractivity contribution in [1.82, 2.24) is 0 Å². The molecule has 0 radical (unpaired) electrons. The molecule has 11 heteroatoms. The van der Waals surface area contributed by atoms with Gasteiger partial charge in [-0.05, 0) is 133 Å². The number of rotatable bonds is 10. The Hall–Kier alpha value is -1.52. The highest BCUT2D eigenvalue weighted by molar-refractivity contribution is 5.80. The van der Waals surface area contributed by atoms with Crippen LogP contribution in [-0.2, 0) is 19.1 Å². The predicted octanol–water partition coefficient (Wildman–Crippen LogP) is 8.17. The van der Waals surface area contributed by atoms with Crippen LogP contribution in [-0.4, -0.2) is 46.7 Å². The molecule has 44 heavy (non-hydrogen) atoms. The summed E-state index contributed by atoms with van der Waals surface area (Å²) in [6.45, 7) is 8.55. The van der Waals surface area contributed by atoms with Crippen molar-refractivity contribution in [2.45, 2.75) is 141 Å². The standard InChI is InChI=1S/C33H48F6O5/c1-6-29(4,17-28(2,3)26(40)44-30(5)22-11-19-9-20(13-22)14-23(30)12-19)27(41)43-25(24-15-18-7-8-21(24)10-18)16-31(42,32(34,35)36)33(37,38)39/h18-25,42H,6-17H2,1-5H3. The number of halogens is 6. The Bertz CT molecular complexity index is 1070. The second-order valence-corrected chi connectivity index (χ2v) is 16.2. The molecule has 6 bridgehead atoms. The van der Waals surface area contributed by atoms with E-state index in [0.29, 0.717) is 31.1 Å². The minimum Gasteiger partial charge on any atom is -0.462 e. The van der Waals surface area contributed by atoms with Crippen LogP contribution in [0, 0.1) is 52.3 Å². The second kappa shape index (κ2) is 11.0. The van der Waals surface area contributed by atoms with Gasteiger partial charge in [0.15, 0.2) is 0 Å². The lowest BCUT2D eigenvalue weighted by molar-refractivity contribution is -0.375. The average Bonchev–Trinajstić information content (AvgIpc) is 3.53. The van der Waals surface area contributed by atoms with Crippen LogP contribution in [0.1, 0.15) is 112 Å². The maximum Gasteiger partial charge on any atom is 0.426 e. The van der Waals surface area contributed by atoms with Crippen LogP contribution >= 0.6 is 0 Å². The maximum atomic E-state index is 13.8. The Balaban J connectivity index is 1.33. The van der Waals surface area contributed by atoms with Crippen LogP contribution in [0.3, 0.4) is 0 Å². The molecule has 6 fully saturated rings. The average molecular weight is 639 g/mol. The Morgan fingerprint density at radius 2 is 1.36 bits per heavy atom. The molecular formula is C33H48F6O5. The smallest absolute Gasteiger partial charge is 0.426 e. The molecule has 0 aromatic heterocycles. The molecule has 0 heterocycles. The minimum absolute atomic E-state index is 0.0585. The van der Waals surface area contributed by atoms with Crippen LogP contribution < -0.4 is 0 Å². The first-order valence-electron chi connectivity index (χ1n) is 16.4. The first-order chi connectivity index (χ1) is 20.1. The highest BCUT2D eigenvalue weighted by Crippen LogP contribution is 2.60. The third kappa shape index (κ3) is 5.78. The highest BCUT2D eigenvalue weighted by Gasteiger charge is 2.71. The summed E-state index contributed by atoms with van der Waals surface area (Å²) in [6.07, 6.45) is -7.71. The van der Waals surface area contributed by atoms with Crippen molar-refractivity contribution in [1.29, 1.82) is 0 Å². The number of hydrogen-bond acceptors (Lipinski definition) is 5. The number of fused-ring (bicyclic) bond motifs is 2. The summed E-state index contributed by atoms with van der Waals surface area (Å²) in [5.74, 6) is -0.261. The molecule has 0 aliphatic heterocycles. The molecule has 5 unspecified atom stereocenters. The lowest BCUT2D eigenvalue weighted by atomic mass is 9.50. The molecule has 5 nitrogen and oxygen atoms in total. The van der Waals surface area contributed by atoms with Crippen molar-refractivity contribution >= 4 is 11.9 Å². The highest BCUT2D eigenvalue weighted by atomic mass is 19.4. The Kier molecular flexibility index (Phi) is 8.49. The van der Waals surface area contributed by atoms with E-state index in [0.717, 1.165) is 32.1 Å². The summed E-state index contributed by atoms with van der Waals surface area (Å²) in [4.78, 5) is 27.5. The SMILES string of the molecule is CCC(C)(CC(C)(C)C(=O)OC1(C)C2CC3CC(C2)CC1C3)C(=O)OC(CC(O)(C(F)(F)F)C(F)(F)F)C1CC2CCC1C2. The fourth-order valence-corrected chi connectivity index (χ4v) is 10.0. The van der Waals surface area contributed by atoms with E-state index < -0.39 is 64.8 Å². The molecule has 6 aliphatic rings. The molecule has 1 N–H and O–H groups in total. The van der Waals surface area contributed by atoms with E-state index in [9.17, 15) is 41.0 Å². The summed E-state index contributed by atoms with van der Waals surface area (Å²) in [5, 5.41) is 10.1. The fourth-order valence-electron chi connectivity index (χ4n) is 10.0. The van der Waals surface area contributed by atoms with E-state index in [-0.39, 0.29) is 36.5 Å². The number of hydrogen-bond donors (Lipinski definition) is 1. The van der Waals surface area contributed by atoms with Crippen molar-refractivity contribution in [2.24, 2.45) is 52.3 Å². The van der Waals surface area contributed by atoms with Gasteiger partial charge in [-0.15, -0.1) is 0 Å². The quantitative estimate of drug-likeness (QED) is 0.193. The Morgan fingerprint density at radius 3 is 1.80 bits per heavy atom. The Labute approximate surface area is 256 Å².